The number of nitrogens with zero attached hydrogens (tertiary/aromatic N) is 1. The Morgan fingerprint density at radius 3 is 2.88 bits per heavy atom. The minimum Gasteiger partial charge on any atom is -0.395 e. The molecule has 0 saturated carbocycles. The van der Waals surface area contributed by atoms with Crippen LogP contribution in [0.25, 0.3) is 0 Å². The Labute approximate surface area is 54.5 Å². The Bertz CT molecular complexity index is 67.4. The molecule has 2 nitrogen and oxygen atoms in total. The third kappa shape index (κ3) is 3.93. The highest BCUT2D eigenvalue weighted by Gasteiger charge is 1.98. The smallest absolute Gasteiger partial charge is 0.133 e. The van der Waals surface area contributed by atoms with Crippen molar-refractivity contribution in [3.63, 3.8) is 0 Å². The van der Waals surface area contributed by atoms with Gasteiger partial charge < -0.3 is 4.84 Å². The zero-order chi connectivity index (χ0) is 6.41. The second-order valence-corrected chi connectivity index (χ2v) is 2.05. The third-order valence-corrected chi connectivity index (χ3v) is 1.22. The predicted molar refractivity (Wildman–Crippen MR) is 35.4 cm³/mol. The SMILES string of the molecule is C=NOCC(Cl)CC. The molecule has 0 aliphatic carbocycles. The fourth-order valence-electron chi connectivity index (χ4n) is 0.251. The second-order valence-electron chi connectivity index (χ2n) is 1.43. The van der Waals surface area contributed by atoms with Crippen molar-refractivity contribution in [1.29, 1.82) is 0 Å². The van der Waals surface area contributed by atoms with Gasteiger partial charge in [-0.2, -0.15) is 0 Å². The van der Waals surface area contributed by atoms with E-state index in [2.05, 4.69) is 16.7 Å². The van der Waals surface area contributed by atoms with Gasteiger partial charge in [-0.1, -0.05) is 6.92 Å². The fraction of sp³-hybridized carbons (Fsp3) is 0.800. The molecule has 0 aromatic carbocycles. The molecule has 0 aromatic heterocycles. The number of alkyl halides is 1. The molecule has 0 aliphatic rings. The van der Waals surface area contributed by atoms with Crippen LogP contribution in [0.5, 0.6) is 0 Å². The molecule has 0 bridgehead atoms. The molecule has 1 atom stereocenters. The van der Waals surface area contributed by atoms with Crippen LogP contribution in [-0.2, 0) is 4.84 Å². The average molecular weight is 136 g/mol. The summed E-state index contributed by atoms with van der Waals surface area (Å²) < 4.78 is 0. The molecule has 0 radical (unpaired) electrons. The number of hydrogen-bond donors (Lipinski definition) is 0. The molecule has 0 fully saturated rings. The summed E-state index contributed by atoms with van der Waals surface area (Å²) in [6, 6.07) is 0. The molecule has 0 heterocycles. The lowest BCUT2D eigenvalue weighted by atomic mass is 10.4. The Morgan fingerprint density at radius 1 is 1.88 bits per heavy atom. The highest BCUT2D eigenvalue weighted by Crippen LogP contribution is 2.00. The first-order valence-corrected chi connectivity index (χ1v) is 2.97. The molecule has 8 heavy (non-hydrogen) atoms. The maximum atomic E-state index is 5.63. The van der Waals surface area contributed by atoms with Crippen LogP contribution in [0.2, 0.25) is 0 Å². The van der Waals surface area contributed by atoms with Gasteiger partial charge in [0.1, 0.15) is 6.61 Å². The molecular formula is C5H10ClNO. The molecule has 3 heteroatoms. The van der Waals surface area contributed by atoms with Crippen LogP contribution in [0.4, 0.5) is 0 Å². The van der Waals surface area contributed by atoms with Crippen molar-refractivity contribution in [3.05, 3.63) is 0 Å². The van der Waals surface area contributed by atoms with E-state index in [1.807, 2.05) is 6.92 Å². The van der Waals surface area contributed by atoms with E-state index in [-0.39, 0.29) is 5.38 Å². The highest BCUT2D eigenvalue weighted by molar-refractivity contribution is 6.20. The Balaban J connectivity index is 2.97. The summed E-state index contributed by atoms with van der Waals surface area (Å²) in [5.74, 6) is 0. The van der Waals surface area contributed by atoms with E-state index in [1.54, 1.807) is 0 Å². The van der Waals surface area contributed by atoms with E-state index >= 15 is 0 Å². The van der Waals surface area contributed by atoms with E-state index in [0.717, 1.165) is 6.42 Å². The summed E-state index contributed by atoms with van der Waals surface area (Å²) in [7, 11) is 0. The molecule has 0 spiro atoms. The van der Waals surface area contributed by atoms with Crippen LogP contribution in [0.15, 0.2) is 5.16 Å². The van der Waals surface area contributed by atoms with Crippen LogP contribution in [0, 0.1) is 0 Å². The van der Waals surface area contributed by atoms with Gasteiger partial charge in [-0.05, 0) is 6.42 Å². The van der Waals surface area contributed by atoms with Crippen molar-refractivity contribution in [2.24, 2.45) is 5.16 Å². The molecule has 0 aliphatic heterocycles. The molecular weight excluding hydrogens is 126 g/mol. The van der Waals surface area contributed by atoms with Gasteiger partial charge >= 0.3 is 0 Å². The molecule has 0 saturated heterocycles. The van der Waals surface area contributed by atoms with Gasteiger partial charge in [0.25, 0.3) is 0 Å². The van der Waals surface area contributed by atoms with E-state index in [9.17, 15) is 0 Å². The summed E-state index contributed by atoms with van der Waals surface area (Å²) >= 11 is 5.63. The van der Waals surface area contributed by atoms with Crippen molar-refractivity contribution in [1.82, 2.24) is 0 Å². The van der Waals surface area contributed by atoms with Crippen LogP contribution >= 0.6 is 11.6 Å². The van der Waals surface area contributed by atoms with E-state index in [4.69, 9.17) is 11.6 Å². The molecule has 0 aromatic rings. The standard InChI is InChI=1S/C5H10ClNO/c1-3-5(6)4-8-7-2/h5H,2-4H2,1H3. The van der Waals surface area contributed by atoms with Gasteiger partial charge in [0.05, 0.1) is 5.38 Å². The zero-order valence-corrected chi connectivity index (χ0v) is 5.69. The van der Waals surface area contributed by atoms with Gasteiger partial charge in [0.2, 0.25) is 0 Å². The summed E-state index contributed by atoms with van der Waals surface area (Å²) in [6.07, 6.45) is 0.900. The quantitative estimate of drug-likeness (QED) is 0.326. The van der Waals surface area contributed by atoms with Gasteiger partial charge in [0.15, 0.2) is 0 Å². The van der Waals surface area contributed by atoms with Crippen LogP contribution in [0.1, 0.15) is 13.3 Å². The highest BCUT2D eigenvalue weighted by atomic mass is 35.5. The Morgan fingerprint density at radius 2 is 2.50 bits per heavy atom. The summed E-state index contributed by atoms with van der Waals surface area (Å²) in [5, 5.41) is 3.26. The third-order valence-electron chi connectivity index (χ3n) is 0.790. The van der Waals surface area contributed by atoms with Crippen LogP contribution in [-0.4, -0.2) is 18.7 Å². The molecule has 0 rings (SSSR count). The van der Waals surface area contributed by atoms with Crippen molar-refractivity contribution in [2.75, 3.05) is 6.61 Å². The maximum Gasteiger partial charge on any atom is 0.133 e. The minimum absolute atomic E-state index is 0.0699. The number of halogens is 1. The summed E-state index contributed by atoms with van der Waals surface area (Å²) in [6.45, 7) is 5.59. The molecule has 48 valence electrons. The fourth-order valence-corrected chi connectivity index (χ4v) is 0.308. The first kappa shape index (κ1) is 7.76. The minimum atomic E-state index is 0.0699. The van der Waals surface area contributed by atoms with Crippen molar-refractivity contribution < 1.29 is 4.84 Å². The molecule has 0 N–H and O–H groups in total. The number of oxime groups is 1. The second kappa shape index (κ2) is 4.91. The average Bonchev–Trinajstić information content (AvgIpc) is 1.83. The monoisotopic (exact) mass is 135 g/mol. The van der Waals surface area contributed by atoms with Crippen LogP contribution in [0.3, 0.4) is 0 Å². The van der Waals surface area contributed by atoms with Gasteiger partial charge in [-0.25, -0.2) is 0 Å². The molecule has 0 amide bonds. The largest absolute Gasteiger partial charge is 0.395 e. The van der Waals surface area contributed by atoms with Crippen LogP contribution < -0.4 is 0 Å². The Kier molecular flexibility index (Phi) is 4.76. The first-order chi connectivity index (χ1) is 3.81. The van der Waals surface area contributed by atoms with Gasteiger partial charge in [-0.3, -0.25) is 0 Å². The summed E-state index contributed by atoms with van der Waals surface area (Å²) in [5.41, 5.74) is 0. The lowest BCUT2D eigenvalue weighted by Crippen LogP contribution is -2.03. The number of hydrogen-bond acceptors (Lipinski definition) is 2. The maximum absolute atomic E-state index is 5.63. The normalized spacial score (nSPS) is 12.8. The van der Waals surface area contributed by atoms with E-state index in [1.165, 1.54) is 0 Å². The van der Waals surface area contributed by atoms with Crippen molar-refractivity contribution in [2.45, 2.75) is 18.7 Å². The van der Waals surface area contributed by atoms with E-state index < -0.39 is 0 Å². The Hall–Kier alpha value is -0.240. The lowest BCUT2D eigenvalue weighted by molar-refractivity contribution is 0.146. The summed E-state index contributed by atoms with van der Waals surface area (Å²) in [4.78, 5) is 4.57. The van der Waals surface area contributed by atoms with E-state index in [0.29, 0.717) is 6.61 Å². The lowest BCUT2D eigenvalue weighted by Gasteiger charge is -2.01. The van der Waals surface area contributed by atoms with Gasteiger partial charge in [-0.15, -0.1) is 16.8 Å². The molecule has 1 unspecified atom stereocenters. The predicted octanol–water partition coefficient (Wildman–Crippen LogP) is 1.64. The zero-order valence-electron chi connectivity index (χ0n) is 4.93. The van der Waals surface area contributed by atoms with Crippen molar-refractivity contribution >= 4 is 18.3 Å². The topological polar surface area (TPSA) is 21.6 Å². The number of rotatable bonds is 4. The van der Waals surface area contributed by atoms with Crippen molar-refractivity contribution in [3.8, 4) is 0 Å². The first-order valence-electron chi connectivity index (χ1n) is 2.53. The van der Waals surface area contributed by atoms with Gasteiger partial charge in [0, 0.05) is 6.72 Å².